The van der Waals surface area contributed by atoms with Crippen molar-refractivity contribution in [2.24, 2.45) is 0 Å². The fraction of sp³-hybridized carbons (Fsp3) is 0.944. The Morgan fingerprint density at radius 2 is 1.78 bits per heavy atom. The number of hydrogen-bond acceptors (Lipinski definition) is 5. The number of ether oxygens (including phenoxy) is 3. The zero-order valence-electron chi connectivity index (χ0n) is 14.4. The fourth-order valence-corrected chi connectivity index (χ4v) is 3.47. The van der Waals surface area contributed by atoms with E-state index in [4.69, 9.17) is 14.2 Å². The molecule has 2 fully saturated rings. The average Bonchev–Trinajstić information content (AvgIpc) is 2.93. The molecule has 5 nitrogen and oxygen atoms in total. The molecule has 0 amide bonds. The molecule has 2 unspecified atom stereocenters. The van der Waals surface area contributed by atoms with E-state index >= 15 is 0 Å². The molecule has 2 atom stereocenters. The van der Waals surface area contributed by atoms with Gasteiger partial charge in [-0.3, -0.25) is 0 Å². The first-order valence-corrected chi connectivity index (χ1v) is 9.34. The highest BCUT2D eigenvalue weighted by atomic mass is 16.8. The average molecular weight is 328 g/mol. The van der Waals surface area contributed by atoms with Crippen molar-refractivity contribution in [3.63, 3.8) is 0 Å². The summed E-state index contributed by atoms with van der Waals surface area (Å²) in [5.74, 6) is -1.06. The van der Waals surface area contributed by atoms with Gasteiger partial charge in [0.25, 0.3) is 0 Å². The van der Waals surface area contributed by atoms with Gasteiger partial charge in [0.15, 0.2) is 11.9 Å². The van der Waals surface area contributed by atoms with Crippen molar-refractivity contribution in [2.75, 3.05) is 13.2 Å². The van der Waals surface area contributed by atoms with E-state index in [1.807, 2.05) is 0 Å². The van der Waals surface area contributed by atoms with Crippen molar-refractivity contribution < 1.29 is 24.1 Å². The van der Waals surface area contributed by atoms with E-state index in [1.165, 1.54) is 32.1 Å². The molecular weight excluding hydrogens is 296 g/mol. The molecule has 0 aromatic carbocycles. The highest BCUT2D eigenvalue weighted by molar-refractivity contribution is 5.75. The summed E-state index contributed by atoms with van der Waals surface area (Å²) < 4.78 is 17.1. The molecule has 0 radical (unpaired) electrons. The number of aliphatic hydroxyl groups excluding tert-OH is 1. The zero-order chi connectivity index (χ0) is 16.5. The van der Waals surface area contributed by atoms with Crippen molar-refractivity contribution in [1.29, 1.82) is 0 Å². The molecule has 0 aromatic rings. The van der Waals surface area contributed by atoms with E-state index < -0.39 is 18.0 Å². The summed E-state index contributed by atoms with van der Waals surface area (Å²) in [4.78, 5) is 12.2. The molecule has 1 heterocycles. The predicted octanol–water partition coefficient (Wildman–Crippen LogP) is 3.33. The second-order valence-electron chi connectivity index (χ2n) is 6.78. The summed E-state index contributed by atoms with van der Waals surface area (Å²) in [5.41, 5.74) is 0. The van der Waals surface area contributed by atoms with E-state index in [2.05, 4.69) is 6.92 Å². The van der Waals surface area contributed by atoms with Gasteiger partial charge in [-0.25, -0.2) is 4.79 Å². The lowest BCUT2D eigenvalue weighted by molar-refractivity contribution is -0.201. The van der Waals surface area contributed by atoms with Crippen LogP contribution in [0.2, 0.25) is 0 Å². The summed E-state index contributed by atoms with van der Waals surface area (Å²) in [6.07, 6.45) is 10.4. The standard InChI is InChI=1S/C18H32O5/c1-2-3-4-5-6-10-13-21-17(20)16-15(14-19)22-18(23-16)11-8-7-9-12-18/h15-16,19H,2-14H2,1H3. The summed E-state index contributed by atoms with van der Waals surface area (Å²) in [6.45, 7) is 2.41. The summed E-state index contributed by atoms with van der Waals surface area (Å²) in [6, 6.07) is 0. The van der Waals surface area contributed by atoms with Gasteiger partial charge < -0.3 is 19.3 Å². The topological polar surface area (TPSA) is 65.0 Å². The first-order chi connectivity index (χ1) is 11.2. The smallest absolute Gasteiger partial charge is 0.338 e. The van der Waals surface area contributed by atoms with Gasteiger partial charge in [0, 0.05) is 12.8 Å². The van der Waals surface area contributed by atoms with Crippen LogP contribution in [0.5, 0.6) is 0 Å². The Balaban J connectivity index is 1.70. The molecule has 1 saturated carbocycles. The Bertz CT molecular complexity index is 351. The zero-order valence-corrected chi connectivity index (χ0v) is 14.4. The van der Waals surface area contributed by atoms with Crippen LogP contribution in [0.4, 0.5) is 0 Å². The van der Waals surface area contributed by atoms with E-state index in [-0.39, 0.29) is 12.6 Å². The number of carbonyl (C=O) groups excluding carboxylic acids is 1. The largest absolute Gasteiger partial charge is 0.464 e. The van der Waals surface area contributed by atoms with Crippen LogP contribution in [0.1, 0.15) is 77.6 Å². The number of carbonyl (C=O) groups is 1. The Morgan fingerprint density at radius 1 is 1.09 bits per heavy atom. The van der Waals surface area contributed by atoms with Crippen LogP contribution in [-0.4, -0.2) is 42.3 Å². The van der Waals surface area contributed by atoms with Gasteiger partial charge in [-0.05, 0) is 19.3 Å². The summed E-state index contributed by atoms with van der Waals surface area (Å²) in [5, 5.41) is 9.48. The maximum absolute atomic E-state index is 12.2. The highest BCUT2D eigenvalue weighted by Crippen LogP contribution is 2.40. The van der Waals surface area contributed by atoms with Crippen molar-refractivity contribution in [3.05, 3.63) is 0 Å². The van der Waals surface area contributed by atoms with Crippen molar-refractivity contribution in [1.82, 2.24) is 0 Å². The van der Waals surface area contributed by atoms with Gasteiger partial charge in [-0.2, -0.15) is 0 Å². The van der Waals surface area contributed by atoms with Gasteiger partial charge in [0.05, 0.1) is 13.2 Å². The number of hydrogen-bond donors (Lipinski definition) is 1. The third-order valence-electron chi connectivity index (χ3n) is 4.82. The summed E-state index contributed by atoms with van der Waals surface area (Å²) in [7, 11) is 0. The van der Waals surface area contributed by atoms with E-state index in [1.54, 1.807) is 0 Å². The van der Waals surface area contributed by atoms with Crippen LogP contribution < -0.4 is 0 Å². The fourth-order valence-electron chi connectivity index (χ4n) is 3.47. The third kappa shape index (κ3) is 5.44. The Kier molecular flexibility index (Phi) is 7.80. The minimum absolute atomic E-state index is 0.210. The van der Waals surface area contributed by atoms with Crippen LogP contribution in [0.3, 0.4) is 0 Å². The van der Waals surface area contributed by atoms with Crippen LogP contribution >= 0.6 is 0 Å². The lowest BCUT2D eigenvalue weighted by atomic mass is 9.94. The number of esters is 1. The third-order valence-corrected chi connectivity index (χ3v) is 4.82. The molecule has 1 aliphatic carbocycles. The van der Waals surface area contributed by atoms with E-state index in [0.29, 0.717) is 6.61 Å². The maximum Gasteiger partial charge on any atom is 0.338 e. The van der Waals surface area contributed by atoms with Gasteiger partial charge in [0.1, 0.15) is 6.10 Å². The van der Waals surface area contributed by atoms with E-state index in [9.17, 15) is 9.90 Å². The second kappa shape index (κ2) is 9.60. The van der Waals surface area contributed by atoms with Gasteiger partial charge >= 0.3 is 5.97 Å². The SMILES string of the molecule is CCCCCCCCOC(=O)C1OC2(CCCCC2)OC1CO. The van der Waals surface area contributed by atoms with Crippen LogP contribution in [0.15, 0.2) is 0 Å². The lowest BCUT2D eigenvalue weighted by Crippen LogP contribution is -2.36. The molecule has 5 heteroatoms. The quantitative estimate of drug-likeness (QED) is 0.519. The minimum Gasteiger partial charge on any atom is -0.464 e. The number of aliphatic hydroxyl groups is 1. The normalized spacial score (nSPS) is 26.5. The maximum atomic E-state index is 12.2. The molecule has 1 spiro atoms. The van der Waals surface area contributed by atoms with Crippen LogP contribution in [0, 0.1) is 0 Å². The second-order valence-corrected chi connectivity index (χ2v) is 6.78. The molecule has 1 aliphatic heterocycles. The van der Waals surface area contributed by atoms with Crippen LogP contribution in [-0.2, 0) is 19.0 Å². The molecule has 1 N–H and O–H groups in total. The Morgan fingerprint density at radius 3 is 2.48 bits per heavy atom. The first-order valence-electron chi connectivity index (χ1n) is 9.34. The Labute approximate surface area is 139 Å². The monoisotopic (exact) mass is 328 g/mol. The van der Waals surface area contributed by atoms with Gasteiger partial charge in [0.2, 0.25) is 0 Å². The van der Waals surface area contributed by atoms with Crippen LogP contribution in [0.25, 0.3) is 0 Å². The van der Waals surface area contributed by atoms with E-state index in [0.717, 1.165) is 38.5 Å². The van der Waals surface area contributed by atoms with Gasteiger partial charge in [-0.15, -0.1) is 0 Å². The Hall–Kier alpha value is -0.650. The summed E-state index contributed by atoms with van der Waals surface area (Å²) >= 11 is 0. The molecule has 23 heavy (non-hydrogen) atoms. The highest BCUT2D eigenvalue weighted by Gasteiger charge is 2.51. The molecule has 2 aliphatic rings. The first kappa shape index (κ1) is 18.7. The van der Waals surface area contributed by atoms with Crippen molar-refractivity contribution in [3.8, 4) is 0 Å². The predicted molar refractivity (Wildman–Crippen MR) is 87.0 cm³/mol. The lowest BCUT2D eigenvalue weighted by Gasteiger charge is -2.31. The molecule has 0 aromatic heterocycles. The molecular formula is C18H32O5. The molecule has 2 rings (SSSR count). The van der Waals surface area contributed by atoms with Gasteiger partial charge in [-0.1, -0.05) is 45.4 Å². The van der Waals surface area contributed by atoms with Crippen molar-refractivity contribution in [2.45, 2.75) is 95.5 Å². The number of rotatable bonds is 9. The minimum atomic E-state index is -0.779. The molecule has 1 saturated heterocycles. The number of unbranched alkanes of at least 4 members (excludes halogenated alkanes) is 5. The molecule has 0 bridgehead atoms. The molecule has 134 valence electrons. The van der Waals surface area contributed by atoms with Crippen molar-refractivity contribution >= 4 is 5.97 Å².